The van der Waals surface area contributed by atoms with E-state index in [-0.39, 0.29) is 12.3 Å². The number of hydrogen-bond acceptors (Lipinski definition) is 7. The van der Waals surface area contributed by atoms with Crippen molar-refractivity contribution >= 4 is 29.6 Å². The molecule has 0 radical (unpaired) electrons. The molecule has 9 N–H and O–H groups in total. The molecule has 13 heteroatoms. The predicted molar refractivity (Wildman–Crippen MR) is 122 cm³/mol. The lowest BCUT2D eigenvalue weighted by Gasteiger charge is -2.25. The van der Waals surface area contributed by atoms with E-state index in [1.165, 1.54) is 12.5 Å². The van der Waals surface area contributed by atoms with Gasteiger partial charge in [-0.2, -0.15) is 0 Å². The molecule has 0 spiro atoms. The average Bonchev–Trinajstić information content (AvgIpc) is 3.22. The van der Waals surface area contributed by atoms with Crippen LogP contribution < -0.4 is 27.4 Å². The number of nitrogens with two attached hydrogens (primary N) is 2. The van der Waals surface area contributed by atoms with Crippen molar-refractivity contribution in [2.24, 2.45) is 23.3 Å². The van der Waals surface area contributed by atoms with Gasteiger partial charge in [-0.25, -0.2) is 9.78 Å². The van der Waals surface area contributed by atoms with Gasteiger partial charge in [0.05, 0.1) is 18.8 Å². The Hall–Kier alpha value is -3.48. The Balaban J connectivity index is 3.07. The van der Waals surface area contributed by atoms with Crippen LogP contribution in [0, 0.1) is 11.8 Å². The zero-order valence-electron chi connectivity index (χ0n) is 19.8. The first-order valence-corrected chi connectivity index (χ1v) is 11.0. The predicted octanol–water partition coefficient (Wildman–Crippen LogP) is -1.60. The van der Waals surface area contributed by atoms with Crippen LogP contribution in [0.4, 0.5) is 0 Å². The molecule has 4 unspecified atom stereocenters. The molecule has 0 aliphatic heterocycles. The number of carbonyl (C=O) groups is 5. The van der Waals surface area contributed by atoms with Crippen molar-refractivity contribution in [3.05, 3.63) is 18.2 Å². The lowest BCUT2D eigenvalue weighted by Crippen LogP contribution is -2.58. The number of aliphatic carboxylic acids is 1. The Bertz CT molecular complexity index is 856. The van der Waals surface area contributed by atoms with Crippen LogP contribution in [0.5, 0.6) is 0 Å². The van der Waals surface area contributed by atoms with Gasteiger partial charge in [-0.05, 0) is 18.3 Å². The highest BCUT2D eigenvalue weighted by atomic mass is 16.4. The standard InChI is InChI=1S/C21H35N7O6/c1-10(2)5-13(22)18(30)26-15(7-16(23)29)19(31)27-14(6-12-8-24-9-25-12)20(32)28-17(11(3)4)21(33)34/h8-11,13-15,17H,5-7,22H2,1-4H3,(H2,23,29)(H,24,25)(H,26,30)(H,27,31)(H,28,32)(H,33,34). The number of carboxylic acids is 1. The minimum Gasteiger partial charge on any atom is -0.480 e. The first-order valence-electron chi connectivity index (χ1n) is 11.0. The minimum absolute atomic E-state index is 0.0495. The van der Waals surface area contributed by atoms with Crippen molar-refractivity contribution in [1.82, 2.24) is 25.9 Å². The summed E-state index contributed by atoms with van der Waals surface area (Å²) in [5.74, 6) is -4.63. The number of imidazole rings is 1. The molecule has 1 aromatic heterocycles. The molecule has 190 valence electrons. The molecule has 0 bridgehead atoms. The quantitative estimate of drug-likeness (QED) is 0.163. The summed E-state index contributed by atoms with van der Waals surface area (Å²) in [6.07, 6.45) is 2.61. The summed E-state index contributed by atoms with van der Waals surface area (Å²) in [5.41, 5.74) is 11.6. The molecule has 0 saturated carbocycles. The van der Waals surface area contributed by atoms with Gasteiger partial charge < -0.3 is 37.5 Å². The van der Waals surface area contributed by atoms with E-state index in [9.17, 15) is 29.1 Å². The van der Waals surface area contributed by atoms with Crippen molar-refractivity contribution in [1.29, 1.82) is 0 Å². The van der Waals surface area contributed by atoms with E-state index in [1.54, 1.807) is 13.8 Å². The molecule has 0 aromatic carbocycles. The fourth-order valence-corrected chi connectivity index (χ4v) is 3.17. The van der Waals surface area contributed by atoms with Crippen LogP contribution in [0.15, 0.2) is 12.5 Å². The number of hydrogen-bond donors (Lipinski definition) is 7. The summed E-state index contributed by atoms with van der Waals surface area (Å²) in [6, 6.07) is -4.70. The van der Waals surface area contributed by atoms with Crippen LogP contribution in [-0.4, -0.2) is 68.8 Å². The van der Waals surface area contributed by atoms with E-state index in [1.807, 2.05) is 13.8 Å². The van der Waals surface area contributed by atoms with Gasteiger partial charge in [0.15, 0.2) is 0 Å². The van der Waals surface area contributed by atoms with Crippen LogP contribution in [0.1, 0.15) is 46.2 Å². The van der Waals surface area contributed by atoms with Gasteiger partial charge in [-0.3, -0.25) is 19.2 Å². The second-order valence-corrected chi connectivity index (χ2v) is 8.88. The summed E-state index contributed by atoms with van der Waals surface area (Å²) >= 11 is 0. The van der Waals surface area contributed by atoms with Gasteiger partial charge in [0, 0.05) is 18.3 Å². The molecule has 13 nitrogen and oxygen atoms in total. The molecule has 1 aromatic rings. The number of carboxylic acid groups (broad SMARTS) is 1. The number of aromatic amines is 1. The molecule has 4 atom stereocenters. The SMILES string of the molecule is CC(C)CC(N)C(=O)NC(CC(N)=O)C(=O)NC(Cc1cnc[nH]1)C(=O)NC(C(=O)O)C(C)C. The molecule has 4 amide bonds. The van der Waals surface area contributed by atoms with Gasteiger partial charge >= 0.3 is 5.97 Å². The van der Waals surface area contributed by atoms with E-state index in [2.05, 4.69) is 25.9 Å². The summed E-state index contributed by atoms with van der Waals surface area (Å²) in [5, 5.41) is 16.7. The highest BCUT2D eigenvalue weighted by Gasteiger charge is 2.32. The number of aromatic nitrogens is 2. The minimum atomic E-state index is -1.37. The Morgan fingerprint density at radius 1 is 1.00 bits per heavy atom. The molecule has 1 heterocycles. The van der Waals surface area contributed by atoms with Crippen LogP contribution in [-0.2, 0) is 30.4 Å². The monoisotopic (exact) mass is 481 g/mol. The molecule has 0 aliphatic rings. The number of primary amides is 1. The van der Waals surface area contributed by atoms with Crippen molar-refractivity contribution in [3.8, 4) is 0 Å². The van der Waals surface area contributed by atoms with Crippen molar-refractivity contribution in [3.63, 3.8) is 0 Å². The smallest absolute Gasteiger partial charge is 0.326 e. The number of H-pyrrole nitrogens is 1. The van der Waals surface area contributed by atoms with Crippen molar-refractivity contribution in [2.75, 3.05) is 0 Å². The Kier molecular flexibility index (Phi) is 11.2. The zero-order valence-corrected chi connectivity index (χ0v) is 19.8. The van der Waals surface area contributed by atoms with Gasteiger partial charge in [-0.1, -0.05) is 27.7 Å². The number of rotatable bonds is 14. The fourth-order valence-electron chi connectivity index (χ4n) is 3.17. The molecule has 1 rings (SSSR count). The van der Waals surface area contributed by atoms with Gasteiger partial charge in [-0.15, -0.1) is 0 Å². The summed E-state index contributed by atoms with van der Waals surface area (Å²) in [7, 11) is 0. The van der Waals surface area contributed by atoms with Gasteiger partial charge in [0.1, 0.15) is 18.1 Å². The molecule has 34 heavy (non-hydrogen) atoms. The third-order valence-electron chi connectivity index (χ3n) is 4.94. The maximum atomic E-state index is 13.0. The van der Waals surface area contributed by atoms with Crippen LogP contribution >= 0.6 is 0 Å². The zero-order chi connectivity index (χ0) is 26.0. The van der Waals surface area contributed by atoms with E-state index in [0.29, 0.717) is 12.1 Å². The summed E-state index contributed by atoms with van der Waals surface area (Å²) in [4.78, 5) is 68.0. The normalized spacial score (nSPS) is 14.7. The lowest BCUT2D eigenvalue weighted by molar-refractivity contribution is -0.143. The van der Waals surface area contributed by atoms with Crippen molar-refractivity contribution in [2.45, 2.75) is 71.1 Å². The van der Waals surface area contributed by atoms with E-state index in [4.69, 9.17) is 11.5 Å². The van der Waals surface area contributed by atoms with Crippen LogP contribution in [0.3, 0.4) is 0 Å². The number of nitrogens with one attached hydrogen (secondary N) is 4. The molecule has 0 aliphatic carbocycles. The third kappa shape index (κ3) is 9.57. The van der Waals surface area contributed by atoms with Crippen LogP contribution in [0.2, 0.25) is 0 Å². The van der Waals surface area contributed by atoms with E-state index < -0.39 is 66.1 Å². The highest BCUT2D eigenvalue weighted by Crippen LogP contribution is 2.07. The second kappa shape index (κ2) is 13.3. The van der Waals surface area contributed by atoms with E-state index >= 15 is 0 Å². The maximum Gasteiger partial charge on any atom is 0.326 e. The average molecular weight is 482 g/mol. The number of carbonyl (C=O) groups excluding carboxylic acids is 4. The number of nitrogens with zero attached hydrogens (tertiary/aromatic N) is 1. The Morgan fingerprint density at radius 2 is 1.59 bits per heavy atom. The molecule has 0 fully saturated rings. The largest absolute Gasteiger partial charge is 0.480 e. The summed E-state index contributed by atoms with van der Waals surface area (Å²) in [6.45, 7) is 7.00. The molecular weight excluding hydrogens is 446 g/mol. The van der Waals surface area contributed by atoms with Gasteiger partial charge in [0.2, 0.25) is 23.6 Å². The topological polar surface area (TPSA) is 222 Å². The Labute approximate surface area is 197 Å². The third-order valence-corrected chi connectivity index (χ3v) is 4.94. The molecular formula is C21H35N7O6. The second-order valence-electron chi connectivity index (χ2n) is 8.88. The van der Waals surface area contributed by atoms with E-state index in [0.717, 1.165) is 0 Å². The highest BCUT2D eigenvalue weighted by molar-refractivity contribution is 5.96. The Morgan fingerprint density at radius 3 is 2.06 bits per heavy atom. The molecule has 0 saturated heterocycles. The van der Waals surface area contributed by atoms with Crippen LogP contribution in [0.25, 0.3) is 0 Å². The first kappa shape index (κ1) is 28.6. The maximum absolute atomic E-state index is 13.0. The summed E-state index contributed by atoms with van der Waals surface area (Å²) < 4.78 is 0. The fraction of sp³-hybridized carbons (Fsp3) is 0.619. The lowest BCUT2D eigenvalue weighted by atomic mass is 10.0. The van der Waals surface area contributed by atoms with Crippen molar-refractivity contribution < 1.29 is 29.1 Å². The van der Waals surface area contributed by atoms with Gasteiger partial charge in [0.25, 0.3) is 0 Å². The first-order chi connectivity index (χ1) is 15.8. The number of amides is 4.